The van der Waals surface area contributed by atoms with Crippen molar-refractivity contribution < 1.29 is 9.53 Å². The Morgan fingerprint density at radius 1 is 1.48 bits per heavy atom. The Labute approximate surface area is 126 Å². The molecule has 1 aromatic rings. The maximum absolute atomic E-state index is 12.3. The predicted octanol–water partition coefficient (Wildman–Crippen LogP) is 1.62. The molecule has 0 aliphatic carbocycles. The van der Waals surface area contributed by atoms with Crippen LogP contribution in [0.3, 0.4) is 0 Å². The van der Waals surface area contributed by atoms with Crippen LogP contribution in [-0.2, 0) is 22.5 Å². The lowest BCUT2D eigenvalue weighted by atomic mass is 9.86. The van der Waals surface area contributed by atoms with E-state index in [9.17, 15) is 4.79 Å². The Balaban J connectivity index is 1.45. The molecule has 0 aromatic carbocycles. The summed E-state index contributed by atoms with van der Waals surface area (Å²) in [5.74, 6) is 2.45. The van der Waals surface area contributed by atoms with Crippen LogP contribution in [0.2, 0.25) is 0 Å². The molecule has 3 rings (SSSR count). The molecule has 1 N–H and O–H groups in total. The van der Waals surface area contributed by atoms with Gasteiger partial charge in [0.15, 0.2) is 0 Å². The van der Waals surface area contributed by atoms with Crippen LogP contribution < -0.4 is 5.32 Å². The van der Waals surface area contributed by atoms with Gasteiger partial charge in [-0.2, -0.15) is 0 Å². The molecule has 0 bridgehead atoms. The van der Waals surface area contributed by atoms with E-state index in [1.165, 1.54) is 0 Å². The monoisotopic (exact) mass is 291 g/mol. The summed E-state index contributed by atoms with van der Waals surface area (Å²) in [5, 5.41) is 3.16. The molecule has 1 fully saturated rings. The standard InChI is InChI=1S/C16H25N3O2/c1-12(14-3-8-21-9-4-14)16(20)18-11-13-2-6-19-7-5-17-15(19)10-13/h5,7,12-14H,2-4,6,8-11H2,1H3,(H,18,20)/t12-,13-/m1/s1. The Hall–Kier alpha value is -1.36. The molecular formula is C16H25N3O2. The van der Waals surface area contributed by atoms with Gasteiger partial charge in [0.25, 0.3) is 0 Å². The van der Waals surface area contributed by atoms with E-state index >= 15 is 0 Å². The summed E-state index contributed by atoms with van der Waals surface area (Å²) in [4.78, 5) is 16.7. The maximum Gasteiger partial charge on any atom is 0.223 e. The third kappa shape index (κ3) is 3.46. The highest BCUT2D eigenvalue weighted by atomic mass is 16.5. The van der Waals surface area contributed by atoms with Gasteiger partial charge in [-0.05, 0) is 31.1 Å². The van der Waals surface area contributed by atoms with E-state index < -0.39 is 0 Å². The molecule has 1 saturated heterocycles. The zero-order valence-electron chi connectivity index (χ0n) is 12.8. The van der Waals surface area contributed by atoms with Gasteiger partial charge in [-0.25, -0.2) is 4.98 Å². The second-order valence-electron chi connectivity index (χ2n) is 6.38. The number of carbonyl (C=O) groups excluding carboxylic acids is 1. The molecule has 0 spiro atoms. The first-order valence-electron chi connectivity index (χ1n) is 8.09. The van der Waals surface area contributed by atoms with Gasteiger partial charge in [0.2, 0.25) is 5.91 Å². The van der Waals surface area contributed by atoms with Gasteiger partial charge in [0.1, 0.15) is 5.82 Å². The highest BCUT2D eigenvalue weighted by molar-refractivity contribution is 5.78. The molecule has 3 heterocycles. The van der Waals surface area contributed by atoms with Crippen molar-refractivity contribution in [2.24, 2.45) is 17.8 Å². The van der Waals surface area contributed by atoms with Gasteiger partial charge >= 0.3 is 0 Å². The summed E-state index contributed by atoms with van der Waals surface area (Å²) in [5.41, 5.74) is 0. The van der Waals surface area contributed by atoms with Crippen molar-refractivity contribution in [2.45, 2.75) is 39.2 Å². The van der Waals surface area contributed by atoms with Crippen molar-refractivity contribution in [3.05, 3.63) is 18.2 Å². The van der Waals surface area contributed by atoms with Gasteiger partial charge in [0, 0.05) is 51.0 Å². The Kier molecular flexibility index (Phi) is 4.58. The van der Waals surface area contributed by atoms with Crippen LogP contribution in [0, 0.1) is 17.8 Å². The summed E-state index contributed by atoms with van der Waals surface area (Å²) >= 11 is 0. The van der Waals surface area contributed by atoms with E-state index in [1.54, 1.807) is 0 Å². The minimum atomic E-state index is 0.0967. The predicted molar refractivity (Wildman–Crippen MR) is 79.8 cm³/mol. The van der Waals surface area contributed by atoms with E-state index in [-0.39, 0.29) is 11.8 Å². The van der Waals surface area contributed by atoms with Crippen molar-refractivity contribution in [2.75, 3.05) is 19.8 Å². The Bertz CT molecular complexity index is 480. The van der Waals surface area contributed by atoms with E-state index in [0.29, 0.717) is 11.8 Å². The summed E-state index contributed by atoms with van der Waals surface area (Å²) < 4.78 is 7.58. The Morgan fingerprint density at radius 3 is 3.10 bits per heavy atom. The molecule has 5 nitrogen and oxygen atoms in total. The number of ether oxygens (including phenoxy) is 1. The second-order valence-corrected chi connectivity index (χ2v) is 6.38. The number of nitrogens with zero attached hydrogens (tertiary/aromatic N) is 2. The number of aromatic nitrogens is 2. The van der Waals surface area contributed by atoms with Crippen LogP contribution in [0.15, 0.2) is 12.4 Å². The maximum atomic E-state index is 12.3. The lowest BCUT2D eigenvalue weighted by Gasteiger charge is -2.28. The molecule has 0 unspecified atom stereocenters. The molecule has 0 radical (unpaired) electrons. The molecule has 2 atom stereocenters. The molecule has 2 aliphatic rings. The fourth-order valence-corrected chi connectivity index (χ4v) is 3.43. The van der Waals surface area contributed by atoms with E-state index in [4.69, 9.17) is 4.74 Å². The highest BCUT2D eigenvalue weighted by Gasteiger charge is 2.27. The normalized spacial score (nSPS) is 24.3. The SMILES string of the molecule is C[C@@H](C(=O)NC[C@@H]1CCn2ccnc2C1)C1CCOCC1. The van der Waals surface area contributed by atoms with E-state index in [1.807, 2.05) is 12.4 Å². The smallest absolute Gasteiger partial charge is 0.223 e. The van der Waals surface area contributed by atoms with Crippen molar-refractivity contribution >= 4 is 5.91 Å². The fourth-order valence-electron chi connectivity index (χ4n) is 3.43. The van der Waals surface area contributed by atoms with Crippen molar-refractivity contribution in [3.63, 3.8) is 0 Å². The fraction of sp³-hybridized carbons (Fsp3) is 0.750. The molecular weight excluding hydrogens is 266 g/mol. The highest BCUT2D eigenvalue weighted by Crippen LogP contribution is 2.24. The average Bonchev–Trinajstić information content (AvgIpc) is 3.00. The zero-order chi connectivity index (χ0) is 14.7. The third-order valence-corrected chi connectivity index (χ3v) is 5.00. The lowest BCUT2D eigenvalue weighted by Crippen LogP contribution is -2.39. The van der Waals surface area contributed by atoms with Gasteiger partial charge in [-0.3, -0.25) is 4.79 Å². The molecule has 5 heteroatoms. The first kappa shape index (κ1) is 14.6. The number of rotatable bonds is 4. The summed E-state index contributed by atoms with van der Waals surface area (Å²) in [6.07, 6.45) is 8.01. The van der Waals surface area contributed by atoms with Crippen molar-refractivity contribution in [1.82, 2.24) is 14.9 Å². The van der Waals surface area contributed by atoms with Gasteiger partial charge < -0.3 is 14.6 Å². The number of hydrogen-bond acceptors (Lipinski definition) is 3. The number of aryl methyl sites for hydroxylation is 1. The quantitative estimate of drug-likeness (QED) is 0.917. The van der Waals surface area contributed by atoms with Crippen LogP contribution in [-0.4, -0.2) is 35.2 Å². The van der Waals surface area contributed by atoms with Gasteiger partial charge in [-0.1, -0.05) is 6.92 Å². The Morgan fingerprint density at radius 2 is 2.29 bits per heavy atom. The molecule has 0 saturated carbocycles. The minimum absolute atomic E-state index is 0.0967. The van der Waals surface area contributed by atoms with Gasteiger partial charge in [-0.15, -0.1) is 0 Å². The second kappa shape index (κ2) is 6.60. The van der Waals surface area contributed by atoms with E-state index in [2.05, 4.69) is 21.8 Å². The zero-order valence-corrected chi connectivity index (χ0v) is 12.8. The first-order valence-corrected chi connectivity index (χ1v) is 8.09. The van der Waals surface area contributed by atoms with Gasteiger partial charge in [0.05, 0.1) is 0 Å². The minimum Gasteiger partial charge on any atom is -0.381 e. The molecule has 1 aromatic heterocycles. The van der Waals surface area contributed by atoms with Crippen LogP contribution >= 0.6 is 0 Å². The summed E-state index contributed by atoms with van der Waals surface area (Å²) in [7, 11) is 0. The number of hydrogen-bond donors (Lipinski definition) is 1. The molecule has 1 amide bonds. The van der Waals surface area contributed by atoms with Crippen LogP contribution in [0.1, 0.15) is 32.0 Å². The number of amides is 1. The largest absolute Gasteiger partial charge is 0.381 e. The summed E-state index contributed by atoms with van der Waals surface area (Å²) in [6.45, 7) is 5.45. The van der Waals surface area contributed by atoms with Crippen LogP contribution in [0.4, 0.5) is 0 Å². The topological polar surface area (TPSA) is 56.2 Å². The third-order valence-electron chi connectivity index (χ3n) is 5.00. The molecule has 21 heavy (non-hydrogen) atoms. The first-order chi connectivity index (χ1) is 10.2. The van der Waals surface area contributed by atoms with Crippen LogP contribution in [0.25, 0.3) is 0 Å². The number of nitrogens with one attached hydrogen (secondary N) is 1. The summed E-state index contributed by atoms with van der Waals surface area (Å²) in [6, 6.07) is 0. The number of carbonyl (C=O) groups is 1. The lowest BCUT2D eigenvalue weighted by molar-refractivity contribution is -0.127. The average molecular weight is 291 g/mol. The van der Waals surface area contributed by atoms with Crippen LogP contribution in [0.5, 0.6) is 0 Å². The number of fused-ring (bicyclic) bond motifs is 1. The molecule has 2 aliphatic heterocycles. The van der Waals surface area contributed by atoms with Crippen molar-refractivity contribution in [3.8, 4) is 0 Å². The van der Waals surface area contributed by atoms with Crippen molar-refractivity contribution in [1.29, 1.82) is 0 Å². The number of imidazole rings is 1. The molecule has 116 valence electrons. The van der Waals surface area contributed by atoms with E-state index in [0.717, 1.165) is 57.8 Å².